The quantitative estimate of drug-likeness (QED) is 0.901. The first-order chi connectivity index (χ1) is 8.59. The number of sulfonamides is 1. The van der Waals surface area contributed by atoms with Crippen LogP contribution in [0.15, 0.2) is 23.1 Å². The standard InChI is InChI=1S/C12H18N2O3S/c1-13-11-9-10(5-6-12(11)17-2)18(15,16)14-7-3-4-8-14/h5-6,9,13H,3-4,7-8H2,1-2H3. The van der Waals surface area contributed by atoms with Gasteiger partial charge in [0.1, 0.15) is 5.75 Å². The first kappa shape index (κ1) is 13.2. The van der Waals surface area contributed by atoms with Crippen LogP contribution in [-0.4, -0.2) is 40.0 Å². The van der Waals surface area contributed by atoms with Crippen molar-refractivity contribution in [1.82, 2.24) is 4.31 Å². The van der Waals surface area contributed by atoms with E-state index >= 15 is 0 Å². The summed E-state index contributed by atoms with van der Waals surface area (Å²) in [5, 5.41) is 2.94. The highest BCUT2D eigenvalue weighted by atomic mass is 32.2. The van der Waals surface area contributed by atoms with Crippen molar-refractivity contribution in [3.05, 3.63) is 18.2 Å². The average Bonchev–Trinajstić information content (AvgIpc) is 2.92. The molecule has 1 saturated heterocycles. The van der Waals surface area contributed by atoms with E-state index in [1.54, 1.807) is 32.4 Å². The summed E-state index contributed by atoms with van der Waals surface area (Å²) in [6, 6.07) is 4.88. The van der Waals surface area contributed by atoms with Gasteiger partial charge >= 0.3 is 0 Å². The Kier molecular flexibility index (Phi) is 3.77. The molecule has 6 heteroatoms. The monoisotopic (exact) mass is 270 g/mol. The van der Waals surface area contributed by atoms with Crippen LogP contribution in [0.1, 0.15) is 12.8 Å². The molecule has 1 N–H and O–H groups in total. The van der Waals surface area contributed by atoms with E-state index in [1.807, 2.05) is 0 Å². The van der Waals surface area contributed by atoms with E-state index in [2.05, 4.69) is 5.32 Å². The Labute approximate surface area is 108 Å². The number of methoxy groups -OCH3 is 1. The number of hydrogen-bond donors (Lipinski definition) is 1. The largest absolute Gasteiger partial charge is 0.495 e. The van der Waals surface area contributed by atoms with E-state index in [0.717, 1.165) is 12.8 Å². The van der Waals surface area contributed by atoms with Crippen LogP contribution < -0.4 is 10.1 Å². The maximum Gasteiger partial charge on any atom is 0.243 e. The van der Waals surface area contributed by atoms with Crippen LogP contribution in [0.3, 0.4) is 0 Å². The lowest BCUT2D eigenvalue weighted by Gasteiger charge is -2.17. The number of rotatable bonds is 4. The minimum absolute atomic E-state index is 0.314. The first-order valence-electron chi connectivity index (χ1n) is 5.95. The minimum Gasteiger partial charge on any atom is -0.495 e. The zero-order valence-corrected chi connectivity index (χ0v) is 11.5. The van der Waals surface area contributed by atoms with Gasteiger partial charge in [-0.3, -0.25) is 0 Å². The second kappa shape index (κ2) is 5.16. The van der Waals surface area contributed by atoms with Gasteiger partial charge in [-0.1, -0.05) is 0 Å². The Bertz CT molecular complexity index is 522. The SMILES string of the molecule is CNc1cc(S(=O)(=O)N2CCCC2)ccc1OC. The van der Waals surface area contributed by atoms with Gasteiger partial charge in [0, 0.05) is 20.1 Å². The minimum atomic E-state index is -3.36. The highest BCUT2D eigenvalue weighted by molar-refractivity contribution is 7.89. The summed E-state index contributed by atoms with van der Waals surface area (Å²) < 4.78 is 31.4. The van der Waals surface area contributed by atoms with Gasteiger partial charge in [-0.25, -0.2) is 8.42 Å². The topological polar surface area (TPSA) is 58.6 Å². The van der Waals surface area contributed by atoms with Gasteiger partial charge < -0.3 is 10.1 Å². The van der Waals surface area contributed by atoms with Crippen molar-refractivity contribution >= 4 is 15.7 Å². The molecule has 0 amide bonds. The molecule has 0 aliphatic carbocycles. The van der Waals surface area contributed by atoms with Crippen LogP contribution in [0.25, 0.3) is 0 Å². The Morgan fingerprint density at radius 3 is 2.50 bits per heavy atom. The van der Waals surface area contributed by atoms with Gasteiger partial charge in [-0.05, 0) is 31.0 Å². The zero-order valence-electron chi connectivity index (χ0n) is 10.6. The molecule has 0 atom stereocenters. The highest BCUT2D eigenvalue weighted by Gasteiger charge is 2.27. The Balaban J connectivity index is 2.38. The molecule has 0 spiro atoms. The third kappa shape index (κ3) is 2.30. The van der Waals surface area contributed by atoms with E-state index in [9.17, 15) is 8.42 Å². The van der Waals surface area contributed by atoms with Crippen LogP contribution in [0.2, 0.25) is 0 Å². The number of benzene rings is 1. The van der Waals surface area contributed by atoms with Crippen LogP contribution in [0.5, 0.6) is 5.75 Å². The molecular formula is C12H18N2O3S. The van der Waals surface area contributed by atoms with Crippen molar-refractivity contribution in [3.63, 3.8) is 0 Å². The molecule has 2 rings (SSSR count). The predicted octanol–water partition coefficient (Wildman–Crippen LogP) is 1.52. The van der Waals surface area contributed by atoms with E-state index in [4.69, 9.17) is 4.74 Å². The van der Waals surface area contributed by atoms with E-state index in [0.29, 0.717) is 29.4 Å². The van der Waals surface area contributed by atoms with Crippen molar-refractivity contribution in [3.8, 4) is 5.75 Å². The van der Waals surface area contributed by atoms with Crippen LogP contribution in [-0.2, 0) is 10.0 Å². The molecule has 100 valence electrons. The second-order valence-corrected chi connectivity index (χ2v) is 6.16. The lowest BCUT2D eigenvalue weighted by molar-refractivity contribution is 0.416. The summed E-state index contributed by atoms with van der Waals surface area (Å²) in [6.45, 7) is 1.23. The zero-order chi connectivity index (χ0) is 13.2. The maximum atomic E-state index is 12.4. The lowest BCUT2D eigenvalue weighted by Crippen LogP contribution is -2.27. The van der Waals surface area contributed by atoms with Crippen LogP contribution >= 0.6 is 0 Å². The first-order valence-corrected chi connectivity index (χ1v) is 7.39. The smallest absolute Gasteiger partial charge is 0.243 e. The maximum absolute atomic E-state index is 12.4. The highest BCUT2D eigenvalue weighted by Crippen LogP contribution is 2.29. The third-order valence-electron chi connectivity index (χ3n) is 3.14. The number of anilines is 1. The molecule has 1 fully saturated rings. The fraction of sp³-hybridized carbons (Fsp3) is 0.500. The van der Waals surface area contributed by atoms with Crippen LogP contribution in [0, 0.1) is 0 Å². The Hall–Kier alpha value is -1.27. The van der Waals surface area contributed by atoms with Crippen molar-refractivity contribution in [1.29, 1.82) is 0 Å². The van der Waals surface area contributed by atoms with Crippen molar-refractivity contribution in [2.24, 2.45) is 0 Å². The predicted molar refractivity (Wildman–Crippen MR) is 70.5 cm³/mol. The van der Waals surface area contributed by atoms with Gasteiger partial charge in [0.05, 0.1) is 17.7 Å². The van der Waals surface area contributed by atoms with Crippen molar-refractivity contribution < 1.29 is 13.2 Å². The fourth-order valence-corrected chi connectivity index (χ4v) is 3.66. The number of ether oxygens (including phenoxy) is 1. The van der Waals surface area contributed by atoms with Gasteiger partial charge in [0.15, 0.2) is 0 Å². The summed E-state index contributed by atoms with van der Waals surface area (Å²) in [4.78, 5) is 0.314. The molecule has 0 aromatic heterocycles. The summed E-state index contributed by atoms with van der Waals surface area (Å²) >= 11 is 0. The summed E-state index contributed by atoms with van der Waals surface area (Å²) in [6.07, 6.45) is 1.88. The molecule has 0 unspecified atom stereocenters. The van der Waals surface area contributed by atoms with E-state index in [1.165, 1.54) is 4.31 Å². The molecule has 1 aromatic carbocycles. The van der Waals surface area contributed by atoms with Crippen molar-refractivity contribution in [2.75, 3.05) is 32.6 Å². The van der Waals surface area contributed by atoms with E-state index < -0.39 is 10.0 Å². The molecule has 1 aliphatic rings. The second-order valence-electron chi connectivity index (χ2n) is 4.22. The van der Waals surface area contributed by atoms with Gasteiger partial charge in [-0.2, -0.15) is 4.31 Å². The lowest BCUT2D eigenvalue weighted by atomic mass is 10.3. The van der Waals surface area contributed by atoms with Gasteiger partial charge in [0.25, 0.3) is 0 Å². The van der Waals surface area contributed by atoms with Crippen LogP contribution in [0.4, 0.5) is 5.69 Å². The molecule has 5 nitrogen and oxygen atoms in total. The summed E-state index contributed by atoms with van der Waals surface area (Å²) in [7, 11) is -0.0580. The molecule has 1 heterocycles. The Morgan fingerprint density at radius 2 is 1.94 bits per heavy atom. The number of nitrogens with zero attached hydrogens (tertiary/aromatic N) is 1. The molecular weight excluding hydrogens is 252 g/mol. The van der Waals surface area contributed by atoms with Gasteiger partial charge in [-0.15, -0.1) is 0 Å². The molecule has 18 heavy (non-hydrogen) atoms. The normalized spacial score (nSPS) is 16.8. The third-order valence-corrected chi connectivity index (χ3v) is 5.04. The summed E-state index contributed by atoms with van der Waals surface area (Å²) in [5.74, 6) is 0.637. The molecule has 1 aliphatic heterocycles. The average molecular weight is 270 g/mol. The molecule has 0 bridgehead atoms. The molecule has 1 aromatic rings. The number of nitrogens with one attached hydrogen (secondary N) is 1. The molecule has 0 radical (unpaired) electrons. The summed E-state index contributed by atoms with van der Waals surface area (Å²) in [5.41, 5.74) is 0.678. The Morgan fingerprint density at radius 1 is 1.28 bits per heavy atom. The van der Waals surface area contributed by atoms with Gasteiger partial charge in [0.2, 0.25) is 10.0 Å². The van der Waals surface area contributed by atoms with Crippen molar-refractivity contribution in [2.45, 2.75) is 17.7 Å². The molecule has 0 saturated carbocycles. The number of hydrogen-bond acceptors (Lipinski definition) is 4. The van der Waals surface area contributed by atoms with E-state index in [-0.39, 0.29) is 0 Å². The fourth-order valence-electron chi connectivity index (χ4n) is 2.12.